The van der Waals surface area contributed by atoms with Crippen LogP contribution in [0.1, 0.15) is 11.6 Å². The average molecular weight is 359 g/mol. The first-order valence-corrected chi connectivity index (χ1v) is 8.43. The number of benzene rings is 2. The SMILES string of the molecule is COc1ccc(NC(=S)NC[C@@H](c2cccc(OC)c2)N(C)C)cc1. The van der Waals surface area contributed by atoms with Crippen LogP contribution in [0.25, 0.3) is 0 Å². The molecule has 0 bridgehead atoms. The van der Waals surface area contributed by atoms with Crippen LogP contribution in [0.2, 0.25) is 0 Å². The Kier molecular flexibility index (Phi) is 7.03. The van der Waals surface area contributed by atoms with Crippen molar-refractivity contribution in [2.75, 3.05) is 40.2 Å². The van der Waals surface area contributed by atoms with Crippen LogP contribution in [0.3, 0.4) is 0 Å². The molecule has 25 heavy (non-hydrogen) atoms. The lowest BCUT2D eigenvalue weighted by atomic mass is 10.1. The first-order chi connectivity index (χ1) is 12.0. The normalized spacial score (nSPS) is 11.7. The Bertz CT molecular complexity index is 689. The van der Waals surface area contributed by atoms with Gasteiger partial charge in [-0.05, 0) is 68.3 Å². The summed E-state index contributed by atoms with van der Waals surface area (Å²) in [7, 11) is 7.42. The van der Waals surface area contributed by atoms with E-state index in [-0.39, 0.29) is 6.04 Å². The number of nitrogens with zero attached hydrogens (tertiary/aromatic N) is 1. The summed E-state index contributed by atoms with van der Waals surface area (Å²) in [5.74, 6) is 1.67. The molecule has 0 heterocycles. The number of hydrogen-bond donors (Lipinski definition) is 2. The number of rotatable bonds is 7. The summed E-state index contributed by atoms with van der Waals surface area (Å²) in [6.07, 6.45) is 0. The lowest BCUT2D eigenvalue weighted by molar-refractivity contribution is 0.298. The van der Waals surface area contributed by atoms with E-state index in [9.17, 15) is 0 Å². The first-order valence-electron chi connectivity index (χ1n) is 8.02. The van der Waals surface area contributed by atoms with Crippen LogP contribution in [-0.2, 0) is 0 Å². The molecule has 5 nitrogen and oxygen atoms in total. The average Bonchev–Trinajstić information content (AvgIpc) is 2.62. The van der Waals surface area contributed by atoms with E-state index >= 15 is 0 Å². The number of ether oxygens (including phenoxy) is 2. The van der Waals surface area contributed by atoms with Crippen molar-refractivity contribution in [2.24, 2.45) is 0 Å². The van der Waals surface area contributed by atoms with Crippen molar-refractivity contribution < 1.29 is 9.47 Å². The Morgan fingerprint density at radius 2 is 1.72 bits per heavy atom. The third-order valence-electron chi connectivity index (χ3n) is 3.91. The molecule has 2 aromatic carbocycles. The van der Waals surface area contributed by atoms with Gasteiger partial charge in [0.05, 0.1) is 20.3 Å². The van der Waals surface area contributed by atoms with Gasteiger partial charge in [-0.1, -0.05) is 12.1 Å². The fourth-order valence-electron chi connectivity index (χ4n) is 2.49. The van der Waals surface area contributed by atoms with E-state index in [1.54, 1.807) is 14.2 Å². The quantitative estimate of drug-likeness (QED) is 0.740. The molecule has 0 aliphatic rings. The highest BCUT2D eigenvalue weighted by atomic mass is 32.1. The van der Waals surface area contributed by atoms with Crippen molar-refractivity contribution in [3.63, 3.8) is 0 Å². The fourth-order valence-corrected chi connectivity index (χ4v) is 2.69. The van der Waals surface area contributed by atoms with Gasteiger partial charge in [0, 0.05) is 12.2 Å². The number of anilines is 1. The first kappa shape index (κ1) is 19.0. The van der Waals surface area contributed by atoms with Crippen LogP contribution in [0.4, 0.5) is 5.69 Å². The van der Waals surface area contributed by atoms with Crippen LogP contribution >= 0.6 is 12.2 Å². The summed E-state index contributed by atoms with van der Waals surface area (Å²) in [6.45, 7) is 0.683. The Hall–Kier alpha value is -2.31. The zero-order valence-corrected chi connectivity index (χ0v) is 15.9. The molecule has 0 spiro atoms. The molecule has 0 aliphatic carbocycles. The molecule has 0 fully saturated rings. The van der Waals surface area contributed by atoms with E-state index in [2.05, 4.69) is 21.6 Å². The lowest BCUT2D eigenvalue weighted by Crippen LogP contribution is -2.36. The van der Waals surface area contributed by atoms with Gasteiger partial charge in [0.2, 0.25) is 0 Å². The largest absolute Gasteiger partial charge is 0.497 e. The highest BCUT2D eigenvalue weighted by Gasteiger charge is 2.15. The summed E-state index contributed by atoms with van der Waals surface area (Å²) in [6, 6.07) is 15.9. The smallest absolute Gasteiger partial charge is 0.170 e. The monoisotopic (exact) mass is 359 g/mol. The molecule has 0 amide bonds. The maximum atomic E-state index is 5.40. The van der Waals surface area contributed by atoms with Gasteiger partial charge in [0.15, 0.2) is 5.11 Å². The molecule has 1 atom stereocenters. The van der Waals surface area contributed by atoms with Crippen LogP contribution in [0, 0.1) is 0 Å². The molecular weight excluding hydrogens is 334 g/mol. The Morgan fingerprint density at radius 1 is 1.04 bits per heavy atom. The van der Waals surface area contributed by atoms with E-state index < -0.39 is 0 Å². The third-order valence-corrected chi connectivity index (χ3v) is 4.15. The van der Waals surface area contributed by atoms with Crippen molar-refractivity contribution >= 4 is 23.0 Å². The standard InChI is InChI=1S/C19H25N3O2S/c1-22(2)18(14-6-5-7-17(12-14)24-4)13-20-19(25)21-15-8-10-16(23-3)11-9-15/h5-12,18H,13H2,1-4H3,(H2,20,21,25)/t18-/m0/s1. The van der Waals surface area contributed by atoms with Gasteiger partial charge in [-0.2, -0.15) is 0 Å². The summed E-state index contributed by atoms with van der Waals surface area (Å²) in [5.41, 5.74) is 2.09. The number of hydrogen-bond acceptors (Lipinski definition) is 4. The van der Waals surface area contributed by atoms with Crippen LogP contribution in [0.15, 0.2) is 48.5 Å². The summed E-state index contributed by atoms with van der Waals surface area (Å²) in [5, 5.41) is 7.05. The van der Waals surface area contributed by atoms with Gasteiger partial charge < -0.3 is 25.0 Å². The van der Waals surface area contributed by atoms with Crippen LogP contribution in [-0.4, -0.2) is 44.9 Å². The third kappa shape index (κ3) is 5.62. The van der Waals surface area contributed by atoms with E-state index in [0.717, 1.165) is 17.2 Å². The minimum Gasteiger partial charge on any atom is -0.497 e. The molecule has 134 valence electrons. The summed E-state index contributed by atoms with van der Waals surface area (Å²) in [4.78, 5) is 2.15. The maximum Gasteiger partial charge on any atom is 0.170 e. The molecule has 0 radical (unpaired) electrons. The van der Waals surface area contributed by atoms with Gasteiger partial charge in [-0.3, -0.25) is 0 Å². The van der Waals surface area contributed by atoms with E-state index in [1.165, 1.54) is 5.56 Å². The van der Waals surface area contributed by atoms with Gasteiger partial charge >= 0.3 is 0 Å². The Morgan fingerprint density at radius 3 is 2.32 bits per heavy atom. The molecule has 0 saturated carbocycles. The van der Waals surface area contributed by atoms with Crippen molar-refractivity contribution in [3.05, 3.63) is 54.1 Å². The maximum absolute atomic E-state index is 5.40. The molecule has 0 unspecified atom stereocenters. The molecule has 2 aromatic rings. The molecule has 0 aliphatic heterocycles. The zero-order valence-electron chi connectivity index (χ0n) is 15.1. The van der Waals surface area contributed by atoms with Crippen molar-refractivity contribution in [3.8, 4) is 11.5 Å². The fraction of sp³-hybridized carbons (Fsp3) is 0.316. The number of methoxy groups -OCH3 is 2. The van der Waals surface area contributed by atoms with Crippen molar-refractivity contribution in [1.82, 2.24) is 10.2 Å². The number of nitrogens with one attached hydrogen (secondary N) is 2. The second-order valence-electron chi connectivity index (χ2n) is 5.82. The van der Waals surface area contributed by atoms with Gasteiger partial charge in [0.25, 0.3) is 0 Å². The summed E-state index contributed by atoms with van der Waals surface area (Å²) >= 11 is 5.40. The van der Waals surface area contributed by atoms with Gasteiger partial charge in [0.1, 0.15) is 11.5 Å². The Balaban J connectivity index is 1.96. The highest BCUT2D eigenvalue weighted by molar-refractivity contribution is 7.80. The topological polar surface area (TPSA) is 45.8 Å². The van der Waals surface area contributed by atoms with Crippen LogP contribution < -0.4 is 20.1 Å². The predicted molar refractivity (Wildman–Crippen MR) is 107 cm³/mol. The molecule has 6 heteroatoms. The van der Waals surface area contributed by atoms with Crippen LogP contribution in [0.5, 0.6) is 11.5 Å². The second kappa shape index (κ2) is 9.25. The Labute approximate surface area is 154 Å². The molecule has 0 aromatic heterocycles. The lowest BCUT2D eigenvalue weighted by Gasteiger charge is -2.26. The highest BCUT2D eigenvalue weighted by Crippen LogP contribution is 2.22. The van der Waals surface area contributed by atoms with E-state index in [0.29, 0.717) is 11.7 Å². The molecular formula is C19H25N3O2S. The minimum absolute atomic E-state index is 0.172. The van der Waals surface area contributed by atoms with Gasteiger partial charge in [-0.15, -0.1) is 0 Å². The van der Waals surface area contributed by atoms with E-state index in [1.807, 2.05) is 56.6 Å². The molecule has 2 rings (SSSR count). The van der Waals surface area contributed by atoms with E-state index in [4.69, 9.17) is 21.7 Å². The molecule has 0 saturated heterocycles. The van der Waals surface area contributed by atoms with Gasteiger partial charge in [-0.25, -0.2) is 0 Å². The second-order valence-corrected chi connectivity index (χ2v) is 6.23. The molecule has 2 N–H and O–H groups in total. The number of thiocarbonyl (C=S) groups is 1. The number of likely N-dealkylation sites (N-methyl/N-ethyl adjacent to an activating group) is 1. The minimum atomic E-state index is 0.172. The van der Waals surface area contributed by atoms with Crippen molar-refractivity contribution in [1.29, 1.82) is 0 Å². The summed E-state index contributed by atoms with van der Waals surface area (Å²) < 4.78 is 10.5. The zero-order chi connectivity index (χ0) is 18.2. The predicted octanol–water partition coefficient (Wildman–Crippen LogP) is 3.29. The van der Waals surface area contributed by atoms with Crippen molar-refractivity contribution in [2.45, 2.75) is 6.04 Å².